The van der Waals surface area contributed by atoms with E-state index < -0.39 is 8.38 Å². The minimum Gasteiger partial charge on any atom is -0.435 e. The maximum Gasteiger partial charge on any atom is 0.326 e. The molecule has 0 aliphatic heterocycles. The molecule has 0 amide bonds. The predicted molar refractivity (Wildman–Crippen MR) is 162 cm³/mol. The highest BCUT2D eigenvalue weighted by atomic mass is 31.2. The number of benzene rings is 3. The van der Waals surface area contributed by atoms with Gasteiger partial charge in [-0.15, -0.1) is 0 Å². The third-order valence-corrected chi connectivity index (χ3v) is 8.16. The SMILES string of the molecule is CC(C)(C)c1ccc(OP(Oc2ccccc2)c2ccc(C(C)(C)C)cc2C(C)(C)C)c(C(C)(C)C)c1. The molecule has 2 nitrogen and oxygen atoms in total. The van der Waals surface area contributed by atoms with Crippen LogP contribution in [0.15, 0.2) is 66.7 Å². The molecule has 0 saturated carbocycles. The topological polar surface area (TPSA) is 18.5 Å². The molecule has 0 saturated heterocycles. The first kappa shape index (κ1) is 29.2. The molecule has 0 bridgehead atoms. The fourth-order valence-electron chi connectivity index (χ4n) is 4.21. The first-order valence-electron chi connectivity index (χ1n) is 13.4. The Morgan fingerprint density at radius 3 is 1.46 bits per heavy atom. The van der Waals surface area contributed by atoms with Gasteiger partial charge >= 0.3 is 8.38 Å². The molecular formula is C34H47O2P. The molecule has 0 N–H and O–H groups in total. The third kappa shape index (κ3) is 7.38. The van der Waals surface area contributed by atoms with E-state index in [-0.39, 0.29) is 21.7 Å². The first-order chi connectivity index (χ1) is 16.9. The first-order valence-corrected chi connectivity index (χ1v) is 14.6. The molecule has 0 aliphatic carbocycles. The molecule has 3 rings (SSSR count). The zero-order valence-corrected chi connectivity index (χ0v) is 26.0. The Balaban J connectivity index is 2.20. The summed E-state index contributed by atoms with van der Waals surface area (Å²) in [5.41, 5.74) is 5.08. The molecule has 200 valence electrons. The van der Waals surface area contributed by atoms with Gasteiger partial charge in [-0.05, 0) is 62.6 Å². The van der Waals surface area contributed by atoms with Crippen LogP contribution in [0.3, 0.4) is 0 Å². The van der Waals surface area contributed by atoms with E-state index in [9.17, 15) is 0 Å². The summed E-state index contributed by atoms with van der Waals surface area (Å²) in [5.74, 6) is 1.71. The van der Waals surface area contributed by atoms with E-state index in [1.54, 1.807) is 0 Å². The minimum absolute atomic E-state index is 0.0601. The Morgan fingerprint density at radius 1 is 0.486 bits per heavy atom. The highest BCUT2D eigenvalue weighted by Gasteiger charge is 2.31. The van der Waals surface area contributed by atoms with Gasteiger partial charge in [-0.3, -0.25) is 0 Å². The Hall–Kier alpha value is -2.31. The molecule has 0 aliphatic rings. The largest absolute Gasteiger partial charge is 0.435 e. The van der Waals surface area contributed by atoms with Crippen LogP contribution < -0.4 is 14.4 Å². The van der Waals surface area contributed by atoms with Crippen LogP contribution in [0.5, 0.6) is 11.5 Å². The molecule has 1 atom stereocenters. The van der Waals surface area contributed by atoms with Crippen molar-refractivity contribution in [3.05, 3.63) is 89.0 Å². The summed E-state index contributed by atoms with van der Waals surface area (Å²) in [5, 5.41) is 1.12. The van der Waals surface area contributed by atoms with Crippen LogP contribution in [0, 0.1) is 0 Å². The van der Waals surface area contributed by atoms with E-state index in [0.29, 0.717) is 0 Å². The summed E-state index contributed by atoms with van der Waals surface area (Å²) >= 11 is 0. The molecule has 0 fully saturated rings. The van der Waals surface area contributed by atoms with E-state index in [1.807, 2.05) is 30.3 Å². The average Bonchev–Trinajstić information content (AvgIpc) is 2.76. The van der Waals surface area contributed by atoms with Gasteiger partial charge in [0.25, 0.3) is 0 Å². The molecule has 3 aromatic carbocycles. The summed E-state index contributed by atoms with van der Waals surface area (Å²) in [6.45, 7) is 27.1. The Labute approximate surface area is 227 Å². The van der Waals surface area contributed by atoms with Gasteiger partial charge in [-0.25, -0.2) is 0 Å². The summed E-state index contributed by atoms with van der Waals surface area (Å²) in [6.07, 6.45) is 0. The molecule has 0 spiro atoms. The van der Waals surface area contributed by atoms with Gasteiger partial charge in [0.1, 0.15) is 11.5 Å². The number of hydrogen-bond donors (Lipinski definition) is 0. The van der Waals surface area contributed by atoms with Crippen molar-refractivity contribution < 1.29 is 9.05 Å². The van der Waals surface area contributed by atoms with Crippen molar-refractivity contribution >= 4 is 13.7 Å². The van der Waals surface area contributed by atoms with Crippen LogP contribution in [0.2, 0.25) is 0 Å². The van der Waals surface area contributed by atoms with Crippen LogP contribution in [-0.2, 0) is 21.7 Å². The van der Waals surface area contributed by atoms with E-state index in [0.717, 1.165) is 16.8 Å². The summed E-state index contributed by atoms with van der Waals surface area (Å²) in [4.78, 5) is 0. The second-order valence-corrected chi connectivity index (χ2v) is 15.6. The monoisotopic (exact) mass is 518 g/mol. The van der Waals surface area contributed by atoms with Crippen molar-refractivity contribution in [1.29, 1.82) is 0 Å². The fraction of sp³-hybridized carbons (Fsp3) is 0.471. The molecule has 3 heteroatoms. The zero-order valence-electron chi connectivity index (χ0n) is 25.1. The van der Waals surface area contributed by atoms with Crippen molar-refractivity contribution in [3.8, 4) is 11.5 Å². The van der Waals surface area contributed by atoms with Crippen molar-refractivity contribution in [2.45, 2.75) is 105 Å². The highest BCUT2D eigenvalue weighted by molar-refractivity contribution is 7.56. The molecule has 3 aromatic rings. The van der Waals surface area contributed by atoms with Gasteiger partial charge < -0.3 is 9.05 Å². The molecule has 1 unspecified atom stereocenters. The fourth-order valence-corrected chi connectivity index (χ4v) is 5.89. The van der Waals surface area contributed by atoms with Crippen molar-refractivity contribution in [2.75, 3.05) is 0 Å². The highest BCUT2D eigenvalue weighted by Crippen LogP contribution is 2.46. The lowest BCUT2D eigenvalue weighted by Crippen LogP contribution is -2.26. The Bertz CT molecular complexity index is 1200. The van der Waals surface area contributed by atoms with E-state index in [2.05, 4.69) is 119 Å². The standard InChI is InChI=1S/C34H47O2P/c1-31(2,3)24-18-20-29(27(22-24)33(7,8)9)36-37(35-26-16-14-13-15-17-26)30-21-19-25(32(4,5)6)23-28(30)34(10,11)12/h13-23H,1-12H3. The lowest BCUT2D eigenvalue weighted by Gasteiger charge is -2.31. The van der Waals surface area contributed by atoms with Gasteiger partial charge in [0.15, 0.2) is 0 Å². The lowest BCUT2D eigenvalue weighted by molar-refractivity contribution is 0.478. The number of para-hydroxylation sites is 1. The van der Waals surface area contributed by atoms with Crippen molar-refractivity contribution in [2.24, 2.45) is 0 Å². The van der Waals surface area contributed by atoms with Crippen LogP contribution in [0.25, 0.3) is 0 Å². The Kier molecular flexibility index (Phi) is 8.26. The average molecular weight is 519 g/mol. The normalized spacial score (nSPS) is 13.8. The third-order valence-electron chi connectivity index (χ3n) is 6.63. The quantitative estimate of drug-likeness (QED) is 0.313. The molecule has 37 heavy (non-hydrogen) atoms. The van der Waals surface area contributed by atoms with Gasteiger partial charge in [0.2, 0.25) is 0 Å². The van der Waals surface area contributed by atoms with E-state index in [4.69, 9.17) is 9.05 Å². The second-order valence-electron chi connectivity index (χ2n) is 14.2. The van der Waals surface area contributed by atoms with E-state index >= 15 is 0 Å². The smallest absolute Gasteiger partial charge is 0.326 e. The molecule has 0 heterocycles. The summed E-state index contributed by atoms with van der Waals surface area (Å²) in [6, 6.07) is 23.5. The number of hydrogen-bond acceptors (Lipinski definition) is 2. The van der Waals surface area contributed by atoms with Crippen LogP contribution in [0.1, 0.15) is 105 Å². The van der Waals surface area contributed by atoms with Crippen molar-refractivity contribution in [3.63, 3.8) is 0 Å². The van der Waals surface area contributed by atoms with Crippen LogP contribution in [0.4, 0.5) is 0 Å². The lowest BCUT2D eigenvalue weighted by atomic mass is 9.80. The second kappa shape index (κ2) is 10.5. The Morgan fingerprint density at radius 2 is 0.973 bits per heavy atom. The van der Waals surface area contributed by atoms with Crippen LogP contribution in [-0.4, -0.2) is 0 Å². The summed E-state index contributed by atoms with van der Waals surface area (Å²) < 4.78 is 13.6. The number of rotatable bonds is 5. The van der Waals surface area contributed by atoms with Gasteiger partial charge in [-0.2, -0.15) is 0 Å². The zero-order chi connectivity index (χ0) is 27.8. The van der Waals surface area contributed by atoms with Crippen LogP contribution >= 0.6 is 8.38 Å². The maximum atomic E-state index is 6.93. The van der Waals surface area contributed by atoms with Gasteiger partial charge in [0.05, 0.1) is 5.30 Å². The van der Waals surface area contributed by atoms with Gasteiger partial charge in [-0.1, -0.05) is 126 Å². The minimum atomic E-state index is -1.44. The maximum absolute atomic E-state index is 6.93. The molecular weight excluding hydrogens is 471 g/mol. The molecule has 0 aromatic heterocycles. The van der Waals surface area contributed by atoms with E-state index in [1.165, 1.54) is 22.3 Å². The predicted octanol–water partition coefficient (Wildman–Crippen LogP) is 9.97. The molecule has 0 radical (unpaired) electrons. The summed E-state index contributed by atoms with van der Waals surface area (Å²) in [7, 11) is -1.44. The van der Waals surface area contributed by atoms with Crippen molar-refractivity contribution in [1.82, 2.24) is 0 Å². The van der Waals surface area contributed by atoms with Gasteiger partial charge in [0, 0.05) is 5.56 Å².